The van der Waals surface area contributed by atoms with Gasteiger partial charge in [-0.05, 0) is 58.2 Å². The zero-order valence-corrected chi connectivity index (χ0v) is 21.4. The molecule has 38 heavy (non-hydrogen) atoms. The molecule has 2 saturated heterocycles. The number of halogens is 3. The summed E-state index contributed by atoms with van der Waals surface area (Å²) in [5.41, 5.74) is 1.59. The first-order valence-electron chi connectivity index (χ1n) is 13.2. The van der Waals surface area contributed by atoms with E-state index in [9.17, 15) is 18.0 Å². The number of likely N-dealkylation sites (N-methyl/N-ethyl adjacent to an activating group) is 1. The summed E-state index contributed by atoms with van der Waals surface area (Å²) in [6.07, 6.45) is 4.72. The zero-order chi connectivity index (χ0) is 26.5. The number of anilines is 2. The van der Waals surface area contributed by atoms with E-state index >= 15 is 0 Å². The Morgan fingerprint density at radius 3 is 2.71 bits per heavy atom. The van der Waals surface area contributed by atoms with E-state index in [1.165, 1.54) is 6.20 Å². The van der Waals surface area contributed by atoms with Gasteiger partial charge in [0.15, 0.2) is 5.82 Å². The molecule has 204 valence electrons. The van der Waals surface area contributed by atoms with E-state index in [0.717, 1.165) is 62.8 Å². The SMILES string of the molecule is CN1CCCN(c2nn(CC(F)(F)F)c3cc(-c4[nH]ncc4NC(=O)N4CCCCC45CC5)ncc23)CC1. The molecule has 3 aromatic heterocycles. The minimum absolute atomic E-state index is 0.0218. The highest BCUT2D eigenvalue weighted by atomic mass is 19.4. The molecule has 0 atom stereocenters. The van der Waals surface area contributed by atoms with Crippen LogP contribution in [0.5, 0.6) is 0 Å². The number of carbonyl (C=O) groups excluding carboxylic acids is 1. The Labute approximate surface area is 218 Å². The Morgan fingerprint density at radius 1 is 1.08 bits per heavy atom. The van der Waals surface area contributed by atoms with Crippen molar-refractivity contribution in [2.75, 3.05) is 50.0 Å². The minimum Gasteiger partial charge on any atom is -0.353 e. The molecular formula is C25H32F3N9O. The van der Waals surface area contributed by atoms with Crippen molar-refractivity contribution in [2.45, 2.75) is 56.8 Å². The van der Waals surface area contributed by atoms with Crippen molar-refractivity contribution in [1.82, 2.24) is 34.8 Å². The van der Waals surface area contributed by atoms with Crippen molar-refractivity contribution >= 4 is 28.4 Å². The maximum atomic E-state index is 13.5. The topological polar surface area (TPSA) is 98.2 Å². The molecule has 6 rings (SSSR count). The summed E-state index contributed by atoms with van der Waals surface area (Å²) in [6.45, 7) is 2.62. The molecular weight excluding hydrogens is 499 g/mol. The number of alkyl halides is 3. The van der Waals surface area contributed by atoms with E-state index < -0.39 is 12.7 Å². The average molecular weight is 532 g/mol. The van der Waals surface area contributed by atoms with Gasteiger partial charge in [-0.3, -0.25) is 14.8 Å². The molecule has 2 N–H and O–H groups in total. The number of hydrogen-bond acceptors (Lipinski definition) is 6. The quantitative estimate of drug-likeness (QED) is 0.527. The van der Waals surface area contributed by atoms with Crippen LogP contribution in [0.2, 0.25) is 0 Å². The number of likely N-dealkylation sites (tertiary alicyclic amines) is 1. The number of nitrogens with zero attached hydrogens (tertiary/aromatic N) is 7. The lowest BCUT2D eigenvalue weighted by molar-refractivity contribution is -0.141. The fraction of sp³-hybridized carbons (Fsp3) is 0.600. The number of carbonyl (C=O) groups is 1. The molecule has 3 aromatic rings. The van der Waals surface area contributed by atoms with E-state index in [1.54, 1.807) is 12.3 Å². The van der Waals surface area contributed by atoms with E-state index in [-0.39, 0.29) is 11.6 Å². The number of urea groups is 1. The maximum Gasteiger partial charge on any atom is 0.408 e. The maximum absolute atomic E-state index is 13.5. The minimum atomic E-state index is -4.43. The van der Waals surface area contributed by atoms with Gasteiger partial charge in [0.25, 0.3) is 0 Å². The summed E-state index contributed by atoms with van der Waals surface area (Å²) in [5, 5.41) is 14.9. The first-order chi connectivity index (χ1) is 18.2. The van der Waals surface area contributed by atoms with Gasteiger partial charge in [-0.1, -0.05) is 0 Å². The van der Waals surface area contributed by atoms with Gasteiger partial charge in [0.1, 0.15) is 12.2 Å². The fourth-order valence-corrected chi connectivity index (χ4v) is 5.81. The predicted octanol–water partition coefficient (Wildman–Crippen LogP) is 4.08. The van der Waals surface area contributed by atoms with Crippen LogP contribution in [0.4, 0.5) is 29.5 Å². The van der Waals surface area contributed by atoms with E-state index in [1.807, 2.05) is 16.8 Å². The lowest BCUT2D eigenvalue weighted by Gasteiger charge is -2.36. The number of amides is 2. The van der Waals surface area contributed by atoms with Gasteiger partial charge in [-0.15, -0.1) is 0 Å². The van der Waals surface area contributed by atoms with Crippen molar-refractivity contribution in [1.29, 1.82) is 0 Å². The number of nitrogens with one attached hydrogen (secondary N) is 2. The van der Waals surface area contributed by atoms with Crippen LogP contribution in [-0.4, -0.2) is 92.3 Å². The van der Waals surface area contributed by atoms with Gasteiger partial charge in [0.05, 0.1) is 28.5 Å². The number of fused-ring (bicyclic) bond motifs is 1. The molecule has 0 unspecified atom stereocenters. The normalized spacial score (nSPS) is 20.2. The summed E-state index contributed by atoms with van der Waals surface area (Å²) in [4.78, 5) is 23.9. The Morgan fingerprint density at radius 2 is 1.92 bits per heavy atom. The van der Waals surface area contributed by atoms with Gasteiger partial charge >= 0.3 is 12.2 Å². The highest BCUT2D eigenvalue weighted by molar-refractivity contribution is 5.96. The third-order valence-electron chi connectivity index (χ3n) is 8.02. The number of pyridine rings is 1. The third kappa shape index (κ3) is 4.79. The Bertz CT molecular complexity index is 1330. The molecule has 1 aliphatic carbocycles. The molecule has 1 spiro atoms. The molecule has 0 bridgehead atoms. The molecule has 2 aliphatic heterocycles. The standard InChI is InChI=1S/C25H32F3N9O/c1-34-8-4-9-35(12-11-34)22-17-14-29-18(13-20(17)37(33-22)16-25(26,27)28)21-19(15-30-32-21)31-23(38)36-10-3-2-5-24(36)6-7-24/h13-15H,2-12,16H2,1H3,(H,30,32)(H,31,38). The summed E-state index contributed by atoms with van der Waals surface area (Å²) in [6, 6.07) is 1.41. The van der Waals surface area contributed by atoms with E-state index in [4.69, 9.17) is 0 Å². The number of aromatic amines is 1. The lowest BCUT2D eigenvalue weighted by atomic mass is 10.0. The molecule has 0 aromatic carbocycles. The predicted molar refractivity (Wildman–Crippen MR) is 137 cm³/mol. The Balaban J connectivity index is 1.32. The van der Waals surface area contributed by atoms with Crippen LogP contribution in [-0.2, 0) is 6.54 Å². The zero-order valence-electron chi connectivity index (χ0n) is 21.4. The van der Waals surface area contributed by atoms with Crippen LogP contribution in [0, 0.1) is 0 Å². The van der Waals surface area contributed by atoms with Crippen LogP contribution >= 0.6 is 0 Å². The summed E-state index contributed by atoms with van der Waals surface area (Å²) in [5.74, 6) is 0.511. The first-order valence-corrected chi connectivity index (χ1v) is 13.2. The highest BCUT2D eigenvalue weighted by Crippen LogP contribution is 2.48. The van der Waals surface area contributed by atoms with Crippen molar-refractivity contribution in [3.63, 3.8) is 0 Å². The highest BCUT2D eigenvalue weighted by Gasteiger charge is 2.51. The second-order valence-corrected chi connectivity index (χ2v) is 10.7. The van der Waals surface area contributed by atoms with Crippen molar-refractivity contribution in [3.8, 4) is 11.4 Å². The average Bonchev–Trinajstić information content (AvgIpc) is 3.41. The van der Waals surface area contributed by atoms with Crippen LogP contribution in [0.3, 0.4) is 0 Å². The molecule has 1 saturated carbocycles. The van der Waals surface area contributed by atoms with Gasteiger partial charge in [-0.2, -0.15) is 23.4 Å². The Kier molecular flexibility index (Phi) is 6.20. The van der Waals surface area contributed by atoms with Gasteiger partial charge in [-0.25, -0.2) is 4.79 Å². The van der Waals surface area contributed by atoms with Crippen LogP contribution < -0.4 is 10.2 Å². The van der Waals surface area contributed by atoms with Crippen molar-refractivity contribution in [3.05, 3.63) is 18.5 Å². The number of hydrogen-bond donors (Lipinski definition) is 2. The second kappa shape index (κ2) is 9.44. The molecule has 13 heteroatoms. The number of aromatic nitrogens is 5. The largest absolute Gasteiger partial charge is 0.408 e. The van der Waals surface area contributed by atoms with Gasteiger partial charge in [0, 0.05) is 37.9 Å². The van der Waals surface area contributed by atoms with Gasteiger partial charge < -0.3 is 20.0 Å². The second-order valence-electron chi connectivity index (χ2n) is 10.7. The van der Waals surface area contributed by atoms with Gasteiger partial charge in [0.2, 0.25) is 0 Å². The van der Waals surface area contributed by atoms with E-state index in [2.05, 4.69) is 30.5 Å². The lowest BCUT2D eigenvalue weighted by Crippen LogP contribution is -2.47. The number of H-pyrrole nitrogens is 1. The van der Waals surface area contributed by atoms with Crippen LogP contribution in [0.1, 0.15) is 38.5 Å². The van der Waals surface area contributed by atoms with Crippen LogP contribution in [0.15, 0.2) is 18.5 Å². The number of rotatable bonds is 4. The smallest absolute Gasteiger partial charge is 0.353 e. The third-order valence-corrected chi connectivity index (χ3v) is 8.02. The summed E-state index contributed by atoms with van der Waals surface area (Å²) >= 11 is 0. The fourth-order valence-electron chi connectivity index (χ4n) is 5.81. The van der Waals surface area contributed by atoms with Crippen LogP contribution in [0.25, 0.3) is 22.3 Å². The molecule has 5 heterocycles. The Hall–Kier alpha value is -3.35. The monoisotopic (exact) mass is 531 g/mol. The molecule has 3 aliphatic rings. The molecule has 0 radical (unpaired) electrons. The van der Waals surface area contributed by atoms with Crippen molar-refractivity contribution in [2.24, 2.45) is 0 Å². The summed E-state index contributed by atoms with van der Waals surface area (Å²) < 4.78 is 41.5. The summed E-state index contributed by atoms with van der Waals surface area (Å²) in [7, 11) is 2.04. The molecule has 10 nitrogen and oxygen atoms in total. The van der Waals surface area contributed by atoms with Crippen molar-refractivity contribution < 1.29 is 18.0 Å². The first kappa shape index (κ1) is 25.0. The number of piperidine rings is 1. The van der Waals surface area contributed by atoms with E-state index in [0.29, 0.717) is 46.9 Å². The molecule has 3 fully saturated rings. The molecule has 2 amide bonds.